The van der Waals surface area contributed by atoms with Crippen LogP contribution in [-0.2, 0) is 19.9 Å². The van der Waals surface area contributed by atoms with Crippen molar-refractivity contribution in [3.63, 3.8) is 0 Å². The summed E-state index contributed by atoms with van der Waals surface area (Å²) in [6.45, 7) is 2.04. The van der Waals surface area contributed by atoms with Gasteiger partial charge in [-0.15, -0.1) is 0 Å². The molecule has 0 unspecified atom stereocenters. The molecule has 0 aliphatic carbocycles. The predicted octanol–water partition coefficient (Wildman–Crippen LogP) is 2.41. The van der Waals surface area contributed by atoms with Crippen molar-refractivity contribution in [3.8, 4) is 0 Å². The Kier molecular flexibility index (Phi) is 3.38. The average molecular weight is 228 g/mol. The first-order chi connectivity index (χ1) is 8.20. The lowest BCUT2D eigenvalue weighted by Gasteiger charge is -2.01. The highest BCUT2D eigenvalue weighted by Crippen LogP contribution is 2.09. The van der Waals surface area contributed by atoms with Crippen molar-refractivity contribution in [2.75, 3.05) is 0 Å². The van der Waals surface area contributed by atoms with Crippen molar-refractivity contribution >= 4 is 5.78 Å². The van der Waals surface area contributed by atoms with Gasteiger partial charge in [0.1, 0.15) is 5.69 Å². The van der Waals surface area contributed by atoms with Crippen LogP contribution in [0.1, 0.15) is 28.7 Å². The number of hydrogen-bond acceptors (Lipinski definition) is 2. The van der Waals surface area contributed by atoms with E-state index in [0.29, 0.717) is 12.1 Å². The summed E-state index contributed by atoms with van der Waals surface area (Å²) in [6.07, 6.45) is 1.29. The van der Waals surface area contributed by atoms with Gasteiger partial charge >= 0.3 is 0 Å². The third-order valence-electron chi connectivity index (χ3n) is 2.79. The number of Topliss-reactive ketones (excluding diaryl/α,β-unsaturated/α-hetero) is 1. The molecule has 88 valence electrons. The third-order valence-corrected chi connectivity index (χ3v) is 2.79. The van der Waals surface area contributed by atoms with E-state index in [1.165, 1.54) is 0 Å². The summed E-state index contributed by atoms with van der Waals surface area (Å²) in [5, 5.41) is 4.29. The number of rotatable bonds is 4. The van der Waals surface area contributed by atoms with Gasteiger partial charge in [0, 0.05) is 13.5 Å². The maximum Gasteiger partial charge on any atom is 0.185 e. The SMILES string of the molecule is CCc1cc(C(=O)Cc2ccccc2)n(C)n1. The van der Waals surface area contributed by atoms with Gasteiger partial charge in [0.15, 0.2) is 5.78 Å². The number of carbonyl (C=O) groups is 1. The molecule has 0 atom stereocenters. The molecule has 0 fully saturated rings. The Morgan fingerprint density at radius 3 is 2.59 bits per heavy atom. The number of nitrogens with zero attached hydrogens (tertiary/aromatic N) is 2. The lowest BCUT2D eigenvalue weighted by molar-refractivity contribution is 0.0984. The molecule has 2 rings (SSSR count). The van der Waals surface area contributed by atoms with Gasteiger partial charge in [-0.25, -0.2) is 0 Å². The Balaban J connectivity index is 2.17. The third kappa shape index (κ3) is 2.61. The number of hydrogen-bond donors (Lipinski definition) is 0. The van der Waals surface area contributed by atoms with E-state index < -0.39 is 0 Å². The van der Waals surface area contributed by atoms with Crippen LogP contribution >= 0.6 is 0 Å². The summed E-state index contributed by atoms with van der Waals surface area (Å²) in [6, 6.07) is 11.7. The van der Waals surface area contributed by atoms with Gasteiger partial charge in [-0.1, -0.05) is 37.3 Å². The van der Waals surface area contributed by atoms with Gasteiger partial charge in [-0.2, -0.15) is 5.10 Å². The number of aryl methyl sites for hydroxylation is 2. The van der Waals surface area contributed by atoms with Crippen LogP contribution in [0.4, 0.5) is 0 Å². The first-order valence-corrected chi connectivity index (χ1v) is 5.80. The molecule has 0 aliphatic heterocycles. The van der Waals surface area contributed by atoms with Crippen molar-refractivity contribution in [1.82, 2.24) is 9.78 Å². The second-order valence-electron chi connectivity index (χ2n) is 4.08. The van der Waals surface area contributed by atoms with Crippen LogP contribution in [0.5, 0.6) is 0 Å². The Morgan fingerprint density at radius 1 is 1.29 bits per heavy atom. The molecule has 0 saturated heterocycles. The Bertz CT molecular complexity index is 514. The molecule has 1 aromatic heterocycles. The Hall–Kier alpha value is -1.90. The van der Waals surface area contributed by atoms with Crippen LogP contribution in [0.3, 0.4) is 0 Å². The van der Waals surface area contributed by atoms with E-state index in [9.17, 15) is 4.79 Å². The summed E-state index contributed by atoms with van der Waals surface area (Å²) in [5.74, 6) is 0.117. The minimum absolute atomic E-state index is 0.117. The van der Waals surface area contributed by atoms with Gasteiger partial charge in [-0.05, 0) is 18.1 Å². The quantitative estimate of drug-likeness (QED) is 0.753. The molecule has 3 nitrogen and oxygen atoms in total. The standard InChI is InChI=1S/C14H16N2O/c1-3-12-10-13(16(2)15-12)14(17)9-11-7-5-4-6-8-11/h4-8,10H,3,9H2,1-2H3. The molecule has 0 saturated carbocycles. The molecule has 0 bridgehead atoms. The van der Waals surface area contributed by atoms with Gasteiger partial charge in [0.05, 0.1) is 5.69 Å². The molecule has 0 N–H and O–H groups in total. The second kappa shape index (κ2) is 4.95. The molecule has 1 aromatic carbocycles. The first kappa shape index (κ1) is 11.6. The molecule has 0 spiro atoms. The van der Waals surface area contributed by atoms with Crippen LogP contribution < -0.4 is 0 Å². The highest BCUT2D eigenvalue weighted by molar-refractivity contribution is 5.96. The minimum Gasteiger partial charge on any atom is -0.292 e. The van der Waals surface area contributed by atoms with Crippen molar-refractivity contribution in [3.05, 3.63) is 53.3 Å². The zero-order valence-electron chi connectivity index (χ0n) is 10.2. The molecule has 3 heteroatoms. The first-order valence-electron chi connectivity index (χ1n) is 5.80. The van der Waals surface area contributed by atoms with Crippen LogP contribution in [0.2, 0.25) is 0 Å². The van der Waals surface area contributed by atoms with E-state index in [4.69, 9.17) is 0 Å². The zero-order valence-corrected chi connectivity index (χ0v) is 10.2. The molecule has 0 amide bonds. The van der Waals surface area contributed by atoms with Gasteiger partial charge in [-0.3, -0.25) is 9.48 Å². The van der Waals surface area contributed by atoms with E-state index in [0.717, 1.165) is 17.7 Å². The zero-order chi connectivity index (χ0) is 12.3. The molecular weight excluding hydrogens is 212 g/mol. The Labute approximate surface area is 101 Å². The Morgan fingerprint density at radius 2 is 2.00 bits per heavy atom. The number of benzene rings is 1. The van der Waals surface area contributed by atoms with E-state index in [-0.39, 0.29) is 5.78 Å². The maximum atomic E-state index is 12.1. The van der Waals surface area contributed by atoms with Crippen LogP contribution in [0.25, 0.3) is 0 Å². The highest BCUT2D eigenvalue weighted by atomic mass is 16.1. The smallest absolute Gasteiger partial charge is 0.185 e. The van der Waals surface area contributed by atoms with E-state index in [1.807, 2.05) is 50.4 Å². The topological polar surface area (TPSA) is 34.9 Å². The van der Waals surface area contributed by atoms with Crippen molar-refractivity contribution in [1.29, 1.82) is 0 Å². The minimum atomic E-state index is 0.117. The summed E-state index contributed by atoms with van der Waals surface area (Å²) < 4.78 is 1.67. The molecule has 1 heterocycles. The van der Waals surface area contributed by atoms with E-state index >= 15 is 0 Å². The maximum absolute atomic E-state index is 12.1. The van der Waals surface area contributed by atoms with E-state index in [1.54, 1.807) is 4.68 Å². The normalized spacial score (nSPS) is 10.5. The summed E-state index contributed by atoms with van der Waals surface area (Å²) in [4.78, 5) is 12.1. The van der Waals surface area contributed by atoms with Gasteiger partial charge in [0.25, 0.3) is 0 Å². The van der Waals surface area contributed by atoms with Crippen LogP contribution in [0, 0.1) is 0 Å². The molecular formula is C14H16N2O. The van der Waals surface area contributed by atoms with Crippen molar-refractivity contribution < 1.29 is 4.79 Å². The molecule has 17 heavy (non-hydrogen) atoms. The number of ketones is 1. The van der Waals surface area contributed by atoms with Crippen molar-refractivity contribution in [2.24, 2.45) is 7.05 Å². The fraction of sp³-hybridized carbons (Fsp3) is 0.286. The summed E-state index contributed by atoms with van der Waals surface area (Å²) in [5.41, 5.74) is 2.69. The van der Waals surface area contributed by atoms with Gasteiger partial charge in [0.2, 0.25) is 0 Å². The summed E-state index contributed by atoms with van der Waals surface area (Å²) in [7, 11) is 1.82. The highest BCUT2D eigenvalue weighted by Gasteiger charge is 2.12. The second-order valence-corrected chi connectivity index (χ2v) is 4.08. The largest absolute Gasteiger partial charge is 0.292 e. The molecule has 0 radical (unpaired) electrons. The van der Waals surface area contributed by atoms with Crippen LogP contribution in [0.15, 0.2) is 36.4 Å². The fourth-order valence-corrected chi connectivity index (χ4v) is 1.83. The molecule has 0 aliphatic rings. The lowest BCUT2D eigenvalue weighted by atomic mass is 10.1. The lowest BCUT2D eigenvalue weighted by Crippen LogP contribution is -2.09. The van der Waals surface area contributed by atoms with Crippen molar-refractivity contribution in [2.45, 2.75) is 19.8 Å². The van der Waals surface area contributed by atoms with Crippen LogP contribution in [-0.4, -0.2) is 15.6 Å². The number of carbonyl (C=O) groups excluding carboxylic acids is 1. The average Bonchev–Trinajstić information content (AvgIpc) is 2.72. The van der Waals surface area contributed by atoms with Gasteiger partial charge < -0.3 is 0 Å². The fourth-order valence-electron chi connectivity index (χ4n) is 1.83. The molecule has 2 aromatic rings. The predicted molar refractivity (Wildman–Crippen MR) is 67.1 cm³/mol. The summed E-state index contributed by atoms with van der Waals surface area (Å²) >= 11 is 0. The van der Waals surface area contributed by atoms with E-state index in [2.05, 4.69) is 5.10 Å². The monoisotopic (exact) mass is 228 g/mol. The number of aromatic nitrogens is 2.